The maximum Gasteiger partial charge on any atom is 0.301 e. The summed E-state index contributed by atoms with van der Waals surface area (Å²) in [7, 11) is 4.43. The molecule has 6 rings (SSSR count). The zero-order valence-corrected chi connectivity index (χ0v) is 27.7. The fourth-order valence-electron chi connectivity index (χ4n) is 5.47. The highest BCUT2D eigenvalue weighted by molar-refractivity contribution is 8.00. The van der Waals surface area contributed by atoms with Gasteiger partial charge in [0.25, 0.3) is 5.78 Å². The van der Waals surface area contributed by atoms with Crippen LogP contribution in [0, 0.1) is 20.8 Å². The number of amides is 1. The Morgan fingerprint density at radius 2 is 1.67 bits per heavy atom. The van der Waals surface area contributed by atoms with E-state index < -0.39 is 23.5 Å². The largest absolute Gasteiger partial charge is 0.505 e. The smallest absolute Gasteiger partial charge is 0.301 e. The number of hydrogen-bond donors (Lipinski definition) is 1. The Kier molecular flexibility index (Phi) is 8.45. The third-order valence-electron chi connectivity index (χ3n) is 7.84. The second-order valence-corrected chi connectivity index (χ2v) is 12.9. The lowest BCUT2D eigenvalue weighted by Crippen LogP contribution is -2.29. The first-order chi connectivity index (χ1) is 22.2. The number of aliphatic hydroxyl groups excluding tert-OH is 1. The molecule has 1 saturated heterocycles. The molecule has 1 unspecified atom stereocenters. The van der Waals surface area contributed by atoms with Crippen molar-refractivity contribution in [3.8, 4) is 17.2 Å². The van der Waals surface area contributed by atoms with E-state index in [0.717, 1.165) is 11.1 Å². The number of ketones is 1. The Labute approximate surface area is 273 Å². The van der Waals surface area contributed by atoms with Crippen molar-refractivity contribution in [3.05, 3.63) is 93.9 Å². The molecule has 0 aliphatic carbocycles. The molecule has 0 radical (unpaired) electrons. The van der Waals surface area contributed by atoms with Gasteiger partial charge in [-0.1, -0.05) is 59.0 Å². The van der Waals surface area contributed by atoms with E-state index in [1.807, 2.05) is 48.7 Å². The number of anilines is 1. The van der Waals surface area contributed by atoms with Crippen LogP contribution in [0.25, 0.3) is 11.4 Å². The standard InChI is InChI=1S/C33H31N5O6S2/c1-17-9-11-20(12-10-17)16-45-33-36-35-32(46-33)38-26(21-14-22(42-4)29(44-6)23(15-21)43-5)24(28(40)31(38)41)27(39)25-19(3)37-13-7-8-18(2)30(37)34-25/h7-15,26,39H,16H2,1-6H3/b27-24+. The van der Waals surface area contributed by atoms with Crippen LogP contribution in [-0.4, -0.2) is 57.7 Å². The highest BCUT2D eigenvalue weighted by Crippen LogP contribution is 2.48. The van der Waals surface area contributed by atoms with E-state index in [1.54, 1.807) is 19.1 Å². The monoisotopic (exact) mass is 657 g/mol. The summed E-state index contributed by atoms with van der Waals surface area (Å²) in [5.74, 6) is -0.530. The van der Waals surface area contributed by atoms with Crippen LogP contribution < -0.4 is 19.1 Å². The van der Waals surface area contributed by atoms with Gasteiger partial charge in [0.1, 0.15) is 11.3 Å². The van der Waals surface area contributed by atoms with Crippen LogP contribution in [0.2, 0.25) is 0 Å². The van der Waals surface area contributed by atoms with Crippen LogP contribution in [0.5, 0.6) is 17.2 Å². The molecule has 1 aliphatic heterocycles. The average molecular weight is 658 g/mol. The Morgan fingerprint density at radius 3 is 2.30 bits per heavy atom. The summed E-state index contributed by atoms with van der Waals surface area (Å²) in [4.78, 5) is 33.7. The van der Waals surface area contributed by atoms with Crippen molar-refractivity contribution in [2.24, 2.45) is 0 Å². The molecule has 0 saturated carbocycles. The Balaban J connectivity index is 1.50. The number of imidazole rings is 1. The van der Waals surface area contributed by atoms with Crippen LogP contribution in [-0.2, 0) is 15.3 Å². The van der Waals surface area contributed by atoms with E-state index >= 15 is 0 Å². The minimum absolute atomic E-state index is 0.146. The fourth-order valence-corrected chi connectivity index (χ4v) is 7.29. The molecule has 46 heavy (non-hydrogen) atoms. The number of pyridine rings is 1. The number of benzene rings is 2. The van der Waals surface area contributed by atoms with Crippen LogP contribution in [0.1, 0.15) is 39.7 Å². The van der Waals surface area contributed by atoms with Crippen molar-refractivity contribution in [3.63, 3.8) is 0 Å². The number of carbonyl (C=O) groups excluding carboxylic acids is 2. The van der Waals surface area contributed by atoms with Crippen molar-refractivity contribution in [2.45, 2.75) is 36.9 Å². The number of aliphatic hydroxyl groups is 1. The van der Waals surface area contributed by atoms with Gasteiger partial charge < -0.3 is 23.7 Å². The summed E-state index contributed by atoms with van der Waals surface area (Å²) < 4.78 is 19.2. The van der Waals surface area contributed by atoms with E-state index in [4.69, 9.17) is 14.2 Å². The van der Waals surface area contributed by atoms with Crippen molar-refractivity contribution in [1.29, 1.82) is 0 Å². The number of Topliss-reactive ketones (excluding diaryl/α,β-unsaturated/α-hetero) is 1. The van der Waals surface area contributed by atoms with Gasteiger partial charge in [-0.15, -0.1) is 10.2 Å². The number of rotatable bonds is 9. The summed E-state index contributed by atoms with van der Waals surface area (Å²) in [6.07, 6.45) is 1.83. The lowest BCUT2D eigenvalue weighted by Gasteiger charge is -2.24. The second kappa shape index (κ2) is 12.5. The van der Waals surface area contributed by atoms with Crippen LogP contribution in [0.15, 0.2) is 64.6 Å². The van der Waals surface area contributed by atoms with Gasteiger partial charge in [-0.2, -0.15) is 0 Å². The summed E-state index contributed by atoms with van der Waals surface area (Å²) in [5.41, 5.74) is 4.87. The third kappa shape index (κ3) is 5.35. The van der Waals surface area contributed by atoms with Crippen molar-refractivity contribution >= 4 is 51.3 Å². The molecule has 236 valence electrons. The van der Waals surface area contributed by atoms with E-state index in [2.05, 4.69) is 27.3 Å². The van der Waals surface area contributed by atoms with Gasteiger partial charge in [-0.05, 0) is 55.7 Å². The molecule has 1 aliphatic rings. The molecule has 0 spiro atoms. The molecule has 1 N–H and O–H groups in total. The van der Waals surface area contributed by atoms with E-state index in [9.17, 15) is 14.7 Å². The molecular weight excluding hydrogens is 627 g/mol. The second-order valence-electron chi connectivity index (χ2n) is 10.7. The molecular formula is C33H31N5O6S2. The Hall–Kier alpha value is -4.88. The van der Waals surface area contributed by atoms with E-state index in [0.29, 0.717) is 44.2 Å². The van der Waals surface area contributed by atoms with Crippen LogP contribution in [0.3, 0.4) is 0 Å². The van der Waals surface area contributed by atoms with Gasteiger partial charge in [0, 0.05) is 11.9 Å². The average Bonchev–Trinajstić information content (AvgIpc) is 3.74. The predicted octanol–water partition coefficient (Wildman–Crippen LogP) is 6.06. The zero-order valence-electron chi connectivity index (χ0n) is 26.0. The maximum absolute atomic E-state index is 13.9. The SMILES string of the molecule is COc1cc(C2/C(=C(\O)c3nc4c(C)cccn4c3C)C(=O)C(=O)N2c2nnc(SCc3ccc(C)cc3)s2)cc(OC)c1OC. The Bertz CT molecular complexity index is 1990. The van der Waals surface area contributed by atoms with Gasteiger partial charge in [0.05, 0.1) is 38.6 Å². The number of nitrogens with zero attached hydrogens (tertiary/aromatic N) is 5. The molecule has 1 fully saturated rings. The molecule has 11 nitrogen and oxygen atoms in total. The summed E-state index contributed by atoms with van der Waals surface area (Å²) in [6, 6.07) is 14.2. The van der Waals surface area contributed by atoms with Gasteiger partial charge in [0.15, 0.2) is 21.6 Å². The highest BCUT2D eigenvalue weighted by atomic mass is 32.2. The van der Waals surface area contributed by atoms with Gasteiger partial charge in [-0.25, -0.2) is 4.98 Å². The first-order valence-electron chi connectivity index (χ1n) is 14.2. The molecule has 3 aromatic heterocycles. The topological polar surface area (TPSA) is 128 Å². The lowest BCUT2D eigenvalue weighted by atomic mass is 9.95. The van der Waals surface area contributed by atoms with Crippen LogP contribution in [0.4, 0.5) is 5.13 Å². The molecule has 13 heteroatoms. The number of thioether (sulfide) groups is 1. The normalized spacial score (nSPS) is 16.0. The van der Waals surface area contributed by atoms with Crippen LogP contribution >= 0.6 is 23.1 Å². The predicted molar refractivity (Wildman–Crippen MR) is 176 cm³/mol. The molecule has 5 aromatic rings. The van der Waals surface area contributed by atoms with Gasteiger partial charge >= 0.3 is 5.91 Å². The number of hydrogen-bond acceptors (Lipinski definition) is 11. The molecule has 1 amide bonds. The third-order valence-corrected chi connectivity index (χ3v) is 9.97. The number of methoxy groups -OCH3 is 3. The maximum atomic E-state index is 13.9. The number of ether oxygens (including phenoxy) is 3. The molecule has 2 aromatic carbocycles. The van der Waals surface area contributed by atoms with Crippen molar-refractivity contribution in [1.82, 2.24) is 19.6 Å². The first-order valence-corrected chi connectivity index (χ1v) is 16.0. The van der Waals surface area contributed by atoms with Crippen molar-refractivity contribution in [2.75, 3.05) is 26.2 Å². The van der Waals surface area contributed by atoms with E-state index in [-0.39, 0.29) is 16.4 Å². The number of carbonyl (C=O) groups is 2. The lowest BCUT2D eigenvalue weighted by molar-refractivity contribution is -0.132. The van der Waals surface area contributed by atoms with Gasteiger partial charge in [0.2, 0.25) is 10.9 Å². The molecule has 4 heterocycles. The first kappa shape index (κ1) is 31.1. The van der Waals surface area contributed by atoms with Crippen molar-refractivity contribution < 1.29 is 28.9 Å². The summed E-state index contributed by atoms with van der Waals surface area (Å²) in [5, 5.41) is 20.7. The minimum Gasteiger partial charge on any atom is -0.505 e. The van der Waals surface area contributed by atoms with E-state index in [1.165, 1.54) is 54.9 Å². The summed E-state index contributed by atoms with van der Waals surface area (Å²) >= 11 is 2.66. The van der Waals surface area contributed by atoms with Gasteiger partial charge in [-0.3, -0.25) is 14.5 Å². The summed E-state index contributed by atoms with van der Waals surface area (Å²) in [6.45, 7) is 5.73. The highest BCUT2D eigenvalue weighted by Gasteiger charge is 2.49. The Morgan fingerprint density at radius 1 is 0.978 bits per heavy atom. The molecule has 0 bridgehead atoms. The minimum atomic E-state index is -1.11. The fraction of sp³-hybridized carbons (Fsp3) is 0.242. The number of aryl methyl sites for hydroxylation is 3. The quantitative estimate of drug-likeness (QED) is 0.0657. The number of aromatic nitrogens is 4. The molecule has 1 atom stereocenters. The number of fused-ring (bicyclic) bond motifs is 1. The zero-order chi connectivity index (χ0) is 32.7.